The topological polar surface area (TPSA) is 90.7 Å². The predicted molar refractivity (Wildman–Crippen MR) is 69.1 cm³/mol. The molecule has 0 fully saturated rings. The van der Waals surface area contributed by atoms with Gasteiger partial charge in [-0.25, -0.2) is 5.90 Å². The lowest BCUT2D eigenvalue weighted by Crippen LogP contribution is -2.39. The van der Waals surface area contributed by atoms with Crippen LogP contribution in [0, 0.1) is 0 Å². The van der Waals surface area contributed by atoms with Crippen LogP contribution >= 0.6 is 0 Å². The Morgan fingerprint density at radius 1 is 1.32 bits per heavy atom. The van der Waals surface area contributed by atoms with E-state index in [4.69, 9.17) is 10.6 Å². The molecule has 0 radical (unpaired) electrons. The number of rotatable bonds is 9. The second-order valence-corrected chi connectivity index (χ2v) is 3.92. The third-order valence-electron chi connectivity index (χ3n) is 2.39. The van der Waals surface area contributed by atoms with Gasteiger partial charge >= 0.3 is 0 Å². The van der Waals surface area contributed by atoms with Crippen molar-refractivity contribution >= 4 is 12.2 Å². The Bertz CT molecular complexity index is 383. The lowest BCUT2D eigenvalue weighted by molar-refractivity contribution is -0.128. The summed E-state index contributed by atoms with van der Waals surface area (Å²) in [6.45, 7) is 0.325. The number of carbonyl (C=O) groups excluding carboxylic acids is 2. The standard InChI is InChI=1S/C13H18N2O4/c14-19-7-6-18-10-13(17)15-12(9-16)8-11-4-2-1-3-5-11/h1-5,9,12H,6-8,10,14H2,(H,15,17)/t12-/m1/s1. The zero-order valence-electron chi connectivity index (χ0n) is 10.6. The molecule has 1 aromatic carbocycles. The Morgan fingerprint density at radius 2 is 2.05 bits per heavy atom. The maximum absolute atomic E-state index is 11.5. The minimum Gasteiger partial charge on any atom is -0.369 e. The molecule has 0 aliphatic carbocycles. The van der Waals surface area contributed by atoms with Crippen molar-refractivity contribution < 1.29 is 19.2 Å². The van der Waals surface area contributed by atoms with Crippen LogP contribution in [0.15, 0.2) is 30.3 Å². The third kappa shape index (κ3) is 6.66. The van der Waals surface area contributed by atoms with Gasteiger partial charge in [-0.05, 0) is 12.0 Å². The van der Waals surface area contributed by atoms with Crippen molar-refractivity contribution in [1.82, 2.24) is 5.32 Å². The number of aldehydes is 1. The molecule has 1 amide bonds. The summed E-state index contributed by atoms with van der Waals surface area (Å²) in [6, 6.07) is 8.91. The highest BCUT2D eigenvalue weighted by Gasteiger charge is 2.11. The quantitative estimate of drug-likeness (QED) is 0.367. The van der Waals surface area contributed by atoms with Crippen molar-refractivity contribution in [2.24, 2.45) is 5.90 Å². The summed E-state index contributed by atoms with van der Waals surface area (Å²) >= 11 is 0. The molecule has 3 N–H and O–H groups in total. The molecule has 0 aromatic heterocycles. The van der Waals surface area contributed by atoms with Crippen molar-refractivity contribution in [3.05, 3.63) is 35.9 Å². The summed E-state index contributed by atoms with van der Waals surface area (Å²) in [4.78, 5) is 26.7. The Labute approximate surface area is 111 Å². The van der Waals surface area contributed by atoms with Crippen LogP contribution in [0.25, 0.3) is 0 Å². The molecule has 0 aliphatic rings. The Balaban J connectivity index is 2.31. The average Bonchev–Trinajstić information content (AvgIpc) is 2.44. The average molecular weight is 266 g/mol. The van der Waals surface area contributed by atoms with Crippen molar-refractivity contribution in [1.29, 1.82) is 0 Å². The zero-order chi connectivity index (χ0) is 13.9. The van der Waals surface area contributed by atoms with E-state index >= 15 is 0 Å². The van der Waals surface area contributed by atoms with E-state index < -0.39 is 6.04 Å². The number of nitrogens with one attached hydrogen (secondary N) is 1. The van der Waals surface area contributed by atoms with Crippen LogP contribution in [-0.2, 0) is 25.6 Å². The molecule has 1 aromatic rings. The molecule has 1 rings (SSSR count). The van der Waals surface area contributed by atoms with Crippen LogP contribution in [0.4, 0.5) is 0 Å². The van der Waals surface area contributed by atoms with Crippen LogP contribution in [0.1, 0.15) is 5.56 Å². The molecule has 0 saturated carbocycles. The number of amides is 1. The van der Waals surface area contributed by atoms with E-state index in [1.807, 2.05) is 30.3 Å². The molecule has 0 aliphatic heterocycles. The first kappa shape index (κ1) is 15.3. The molecule has 6 nitrogen and oxygen atoms in total. The minimum atomic E-state index is -0.552. The molecule has 0 bridgehead atoms. The fraction of sp³-hybridized carbons (Fsp3) is 0.385. The van der Waals surface area contributed by atoms with E-state index in [9.17, 15) is 9.59 Å². The van der Waals surface area contributed by atoms with Gasteiger partial charge in [0, 0.05) is 0 Å². The Hall–Kier alpha value is -1.76. The first-order valence-corrected chi connectivity index (χ1v) is 5.94. The van der Waals surface area contributed by atoms with Gasteiger partial charge in [-0.1, -0.05) is 30.3 Å². The number of hydrogen-bond acceptors (Lipinski definition) is 5. The van der Waals surface area contributed by atoms with Gasteiger partial charge < -0.3 is 19.7 Å². The Morgan fingerprint density at radius 3 is 2.68 bits per heavy atom. The van der Waals surface area contributed by atoms with Crippen molar-refractivity contribution in [3.8, 4) is 0 Å². The number of carbonyl (C=O) groups is 2. The van der Waals surface area contributed by atoms with Gasteiger partial charge in [-0.15, -0.1) is 0 Å². The molecule has 6 heteroatoms. The lowest BCUT2D eigenvalue weighted by Gasteiger charge is -2.13. The smallest absolute Gasteiger partial charge is 0.246 e. The minimum absolute atomic E-state index is 0.123. The van der Waals surface area contributed by atoms with E-state index in [1.165, 1.54) is 0 Å². The van der Waals surface area contributed by atoms with Crippen molar-refractivity contribution in [3.63, 3.8) is 0 Å². The van der Waals surface area contributed by atoms with Crippen molar-refractivity contribution in [2.75, 3.05) is 19.8 Å². The first-order valence-electron chi connectivity index (χ1n) is 5.94. The number of nitrogens with two attached hydrogens (primary N) is 1. The SMILES string of the molecule is NOCCOCC(=O)N[C@@H](C=O)Cc1ccccc1. The van der Waals surface area contributed by atoms with Gasteiger partial charge in [-0.3, -0.25) is 4.79 Å². The highest BCUT2D eigenvalue weighted by atomic mass is 16.6. The van der Waals surface area contributed by atoms with Gasteiger partial charge in [0.15, 0.2) is 0 Å². The van der Waals surface area contributed by atoms with Gasteiger partial charge in [0.25, 0.3) is 0 Å². The predicted octanol–water partition coefficient (Wildman–Crippen LogP) is -0.180. The van der Waals surface area contributed by atoms with E-state index in [1.54, 1.807) is 0 Å². The summed E-state index contributed by atoms with van der Waals surface area (Å²) in [6.07, 6.45) is 1.18. The number of hydrogen-bond donors (Lipinski definition) is 2. The van der Waals surface area contributed by atoms with E-state index in [-0.39, 0.29) is 25.7 Å². The van der Waals surface area contributed by atoms with Crippen LogP contribution in [0.2, 0.25) is 0 Å². The highest BCUT2D eigenvalue weighted by Crippen LogP contribution is 2.01. The molecular formula is C13H18N2O4. The van der Waals surface area contributed by atoms with E-state index in [0.717, 1.165) is 5.56 Å². The molecular weight excluding hydrogens is 248 g/mol. The maximum Gasteiger partial charge on any atom is 0.246 e. The van der Waals surface area contributed by atoms with Gasteiger partial charge in [0.05, 0.1) is 19.3 Å². The fourth-order valence-electron chi connectivity index (χ4n) is 1.52. The van der Waals surface area contributed by atoms with Crippen LogP contribution < -0.4 is 11.2 Å². The molecule has 1 atom stereocenters. The largest absolute Gasteiger partial charge is 0.369 e. The first-order chi connectivity index (χ1) is 9.26. The maximum atomic E-state index is 11.5. The number of ether oxygens (including phenoxy) is 1. The van der Waals surface area contributed by atoms with Gasteiger partial charge in [-0.2, -0.15) is 0 Å². The van der Waals surface area contributed by atoms with Crippen LogP contribution in [-0.4, -0.2) is 38.1 Å². The van der Waals surface area contributed by atoms with Crippen LogP contribution in [0.5, 0.6) is 0 Å². The summed E-state index contributed by atoms with van der Waals surface area (Å²) in [5.74, 6) is 4.46. The molecule has 0 spiro atoms. The summed E-state index contributed by atoms with van der Waals surface area (Å²) < 4.78 is 5.00. The Kier molecular flexibility index (Phi) is 7.41. The lowest BCUT2D eigenvalue weighted by atomic mass is 10.1. The fourth-order valence-corrected chi connectivity index (χ4v) is 1.52. The van der Waals surface area contributed by atoms with E-state index in [0.29, 0.717) is 12.7 Å². The summed E-state index contributed by atoms with van der Waals surface area (Å²) in [7, 11) is 0. The second-order valence-electron chi connectivity index (χ2n) is 3.92. The van der Waals surface area contributed by atoms with Gasteiger partial charge in [0.2, 0.25) is 5.91 Å². The molecule has 19 heavy (non-hydrogen) atoms. The number of benzene rings is 1. The summed E-state index contributed by atoms with van der Waals surface area (Å²) in [5, 5.41) is 2.59. The van der Waals surface area contributed by atoms with E-state index in [2.05, 4.69) is 10.2 Å². The van der Waals surface area contributed by atoms with Crippen molar-refractivity contribution in [2.45, 2.75) is 12.5 Å². The molecule has 0 unspecified atom stereocenters. The second kappa shape index (κ2) is 9.21. The van der Waals surface area contributed by atoms with Gasteiger partial charge in [0.1, 0.15) is 12.9 Å². The highest BCUT2D eigenvalue weighted by molar-refractivity contribution is 5.80. The zero-order valence-corrected chi connectivity index (χ0v) is 10.6. The summed E-state index contributed by atoms with van der Waals surface area (Å²) in [5.41, 5.74) is 0.984. The normalized spacial score (nSPS) is 11.8. The monoisotopic (exact) mass is 266 g/mol. The molecule has 104 valence electrons. The molecule has 0 saturated heterocycles. The molecule has 0 heterocycles. The third-order valence-corrected chi connectivity index (χ3v) is 2.39. The van der Waals surface area contributed by atoms with Crippen LogP contribution in [0.3, 0.4) is 0 Å².